The van der Waals surface area contributed by atoms with Crippen LogP contribution in [0.1, 0.15) is 67.3 Å². The molecule has 5 aliphatic heterocycles. The van der Waals surface area contributed by atoms with Crippen molar-refractivity contribution in [3.05, 3.63) is 29.3 Å². The normalized spacial score (nSPS) is 26.5. The molecule has 5 heterocycles. The predicted molar refractivity (Wildman–Crippen MR) is 155 cm³/mol. The highest BCUT2D eigenvalue weighted by atomic mass is 32.2. The summed E-state index contributed by atoms with van der Waals surface area (Å²) >= 11 is 0. The average Bonchev–Trinajstić information content (AvgIpc) is 3.31. The van der Waals surface area contributed by atoms with Crippen molar-refractivity contribution in [1.29, 1.82) is 0 Å². The van der Waals surface area contributed by atoms with Gasteiger partial charge in [0.1, 0.15) is 17.9 Å². The second-order valence-corrected chi connectivity index (χ2v) is 14.3. The Balaban J connectivity index is 0.972. The molecule has 0 spiro atoms. The van der Waals surface area contributed by atoms with Crippen LogP contribution in [0.3, 0.4) is 0 Å². The molecule has 1 aromatic rings. The predicted octanol–water partition coefficient (Wildman–Crippen LogP) is 0.671. The average molecular weight is 603 g/mol. The molecule has 3 N–H and O–H groups in total. The number of hydrogen-bond acceptors (Lipinski definition) is 8. The molecule has 5 aliphatic rings. The van der Waals surface area contributed by atoms with E-state index < -0.39 is 22.2 Å². The number of hydrogen-bond donors (Lipinski definition) is 2. The molecule has 1 atom stereocenters. The molecule has 6 rings (SSSR count). The van der Waals surface area contributed by atoms with Crippen molar-refractivity contribution in [2.75, 3.05) is 45.8 Å². The Bertz CT molecular complexity index is 1300. The van der Waals surface area contributed by atoms with Gasteiger partial charge in [-0.05, 0) is 63.0 Å². The molecule has 42 heavy (non-hydrogen) atoms. The highest BCUT2D eigenvalue weighted by Gasteiger charge is 2.41. The highest BCUT2D eigenvalue weighted by Crippen LogP contribution is 2.35. The molecule has 0 saturated carbocycles. The van der Waals surface area contributed by atoms with Gasteiger partial charge in [-0.1, -0.05) is 6.07 Å². The number of imide groups is 1. The molecule has 1 aromatic carbocycles. The summed E-state index contributed by atoms with van der Waals surface area (Å²) < 4.78 is 35.9. The van der Waals surface area contributed by atoms with Crippen LogP contribution in [-0.4, -0.2) is 109 Å². The van der Waals surface area contributed by atoms with Crippen molar-refractivity contribution in [2.24, 2.45) is 11.7 Å². The van der Waals surface area contributed by atoms with Gasteiger partial charge < -0.3 is 20.3 Å². The topological polar surface area (TPSA) is 146 Å². The van der Waals surface area contributed by atoms with E-state index in [0.717, 1.165) is 63.7 Å². The molecule has 0 aliphatic carbocycles. The number of carbonyl (C=O) groups excluding carboxylic acids is 3. The Kier molecular flexibility index (Phi) is 8.56. The quantitative estimate of drug-likeness (QED) is 0.434. The zero-order valence-electron chi connectivity index (χ0n) is 24.1. The molecule has 13 heteroatoms. The summed E-state index contributed by atoms with van der Waals surface area (Å²) in [5.74, 6) is 0.261. The lowest BCUT2D eigenvalue weighted by molar-refractivity contribution is -0.136. The SMILES string of the molecule is NC1CCN(S(=O)(=O)N2CCC(CN3CCC(Oc4cccc5c4CN(C4CCC(=O)NC4=O)C5=O)CC3)CC2)CC1. The molecular formula is C29H42N6O6S. The summed E-state index contributed by atoms with van der Waals surface area (Å²) in [7, 11) is -3.40. The van der Waals surface area contributed by atoms with Crippen LogP contribution in [0.2, 0.25) is 0 Å². The zero-order chi connectivity index (χ0) is 29.4. The molecule has 0 bridgehead atoms. The van der Waals surface area contributed by atoms with Crippen LogP contribution in [-0.2, 0) is 26.3 Å². The van der Waals surface area contributed by atoms with E-state index in [1.165, 1.54) is 0 Å². The van der Waals surface area contributed by atoms with Gasteiger partial charge in [0.25, 0.3) is 16.1 Å². The molecule has 3 amide bonds. The first-order valence-corrected chi connectivity index (χ1v) is 16.7. The molecule has 12 nitrogen and oxygen atoms in total. The van der Waals surface area contributed by atoms with Gasteiger partial charge >= 0.3 is 0 Å². The number of piperidine rings is 4. The molecule has 0 aromatic heterocycles. The van der Waals surface area contributed by atoms with Gasteiger partial charge in [0.15, 0.2) is 0 Å². The number of likely N-dealkylation sites (tertiary alicyclic amines) is 1. The van der Waals surface area contributed by atoms with Crippen molar-refractivity contribution in [1.82, 2.24) is 23.7 Å². The Hall–Kier alpha value is -2.58. The Morgan fingerprint density at radius 2 is 1.55 bits per heavy atom. The van der Waals surface area contributed by atoms with Crippen LogP contribution in [0.5, 0.6) is 5.75 Å². The summed E-state index contributed by atoms with van der Waals surface area (Å²) in [4.78, 5) is 41.1. The van der Waals surface area contributed by atoms with Crippen LogP contribution in [0, 0.1) is 5.92 Å². The number of nitrogens with zero attached hydrogens (tertiary/aromatic N) is 4. The first-order valence-electron chi connectivity index (χ1n) is 15.4. The number of nitrogens with one attached hydrogen (secondary N) is 1. The van der Waals surface area contributed by atoms with Gasteiger partial charge in [0, 0.05) is 69.4 Å². The number of ether oxygens (including phenoxy) is 1. The molecule has 4 saturated heterocycles. The number of fused-ring (bicyclic) bond motifs is 1. The summed E-state index contributed by atoms with van der Waals surface area (Å²) in [6.45, 7) is 5.26. The van der Waals surface area contributed by atoms with Gasteiger partial charge in [-0.25, -0.2) is 0 Å². The van der Waals surface area contributed by atoms with Gasteiger partial charge in [-0.2, -0.15) is 17.0 Å². The molecular weight excluding hydrogens is 560 g/mol. The molecule has 4 fully saturated rings. The lowest BCUT2D eigenvalue weighted by atomic mass is 9.96. The minimum absolute atomic E-state index is 0.0390. The van der Waals surface area contributed by atoms with E-state index in [-0.39, 0.29) is 30.4 Å². The lowest BCUT2D eigenvalue weighted by Gasteiger charge is -2.39. The number of benzene rings is 1. The minimum Gasteiger partial charge on any atom is -0.490 e. The Morgan fingerprint density at radius 3 is 2.21 bits per heavy atom. The number of rotatable bonds is 7. The monoisotopic (exact) mass is 602 g/mol. The van der Waals surface area contributed by atoms with Gasteiger partial charge in [-0.15, -0.1) is 0 Å². The molecule has 230 valence electrons. The van der Waals surface area contributed by atoms with E-state index in [0.29, 0.717) is 56.4 Å². The second kappa shape index (κ2) is 12.2. The third kappa shape index (κ3) is 6.07. The van der Waals surface area contributed by atoms with Crippen molar-refractivity contribution >= 4 is 27.9 Å². The van der Waals surface area contributed by atoms with Gasteiger partial charge in [0.2, 0.25) is 11.8 Å². The zero-order valence-corrected chi connectivity index (χ0v) is 24.9. The summed E-state index contributed by atoms with van der Waals surface area (Å²) in [5.41, 5.74) is 7.33. The largest absolute Gasteiger partial charge is 0.490 e. The second-order valence-electron chi connectivity index (χ2n) is 12.4. The van der Waals surface area contributed by atoms with Crippen LogP contribution < -0.4 is 15.8 Å². The van der Waals surface area contributed by atoms with Gasteiger partial charge in [-0.3, -0.25) is 19.7 Å². The maximum Gasteiger partial charge on any atom is 0.281 e. The fourth-order valence-corrected chi connectivity index (χ4v) is 8.69. The third-order valence-corrected chi connectivity index (χ3v) is 11.6. The number of nitrogens with two attached hydrogens (primary N) is 1. The van der Waals surface area contributed by atoms with E-state index in [2.05, 4.69) is 10.2 Å². The van der Waals surface area contributed by atoms with E-state index in [9.17, 15) is 22.8 Å². The first-order chi connectivity index (χ1) is 20.2. The van der Waals surface area contributed by atoms with Gasteiger partial charge in [0.05, 0.1) is 6.54 Å². The fourth-order valence-electron chi connectivity index (χ4n) is 7.01. The summed E-state index contributed by atoms with van der Waals surface area (Å²) in [6.07, 6.45) is 5.54. The van der Waals surface area contributed by atoms with Crippen molar-refractivity contribution in [3.8, 4) is 5.75 Å². The highest BCUT2D eigenvalue weighted by molar-refractivity contribution is 7.86. The van der Waals surface area contributed by atoms with Crippen molar-refractivity contribution in [2.45, 2.75) is 76.1 Å². The molecule has 0 radical (unpaired) electrons. The van der Waals surface area contributed by atoms with Crippen LogP contribution in [0.15, 0.2) is 18.2 Å². The van der Waals surface area contributed by atoms with E-state index in [1.54, 1.807) is 19.6 Å². The van der Waals surface area contributed by atoms with Crippen molar-refractivity contribution in [3.63, 3.8) is 0 Å². The van der Waals surface area contributed by atoms with Crippen LogP contribution >= 0.6 is 0 Å². The number of carbonyl (C=O) groups is 3. The smallest absolute Gasteiger partial charge is 0.281 e. The Morgan fingerprint density at radius 1 is 0.881 bits per heavy atom. The minimum atomic E-state index is -3.40. The standard InChI is InChI=1S/C29H42N6O6S/c30-21-8-16-34(17-9-21)42(39,40)33-14-6-20(7-15-33)18-32-12-10-22(11-13-32)41-26-3-1-2-23-24(26)19-35(29(23)38)25-4-5-27(36)31-28(25)37/h1-3,20-22,25H,4-19,30H2,(H,31,36,37). The maximum atomic E-state index is 13.1. The van der Waals surface area contributed by atoms with Crippen molar-refractivity contribution < 1.29 is 27.5 Å². The molecule has 1 unspecified atom stereocenters. The van der Waals surface area contributed by atoms with E-state index >= 15 is 0 Å². The first kappa shape index (κ1) is 29.5. The van der Waals surface area contributed by atoms with E-state index in [1.807, 2.05) is 12.1 Å². The third-order valence-electron chi connectivity index (χ3n) is 9.61. The van der Waals surface area contributed by atoms with Crippen LogP contribution in [0.4, 0.5) is 0 Å². The summed E-state index contributed by atoms with van der Waals surface area (Å²) in [5, 5.41) is 2.35. The van der Waals surface area contributed by atoms with E-state index in [4.69, 9.17) is 10.5 Å². The van der Waals surface area contributed by atoms with Crippen LogP contribution in [0.25, 0.3) is 0 Å². The Labute approximate surface area is 247 Å². The maximum absolute atomic E-state index is 13.1. The summed E-state index contributed by atoms with van der Waals surface area (Å²) in [6, 6.07) is 4.95. The number of amides is 3. The lowest BCUT2D eigenvalue weighted by Crippen LogP contribution is -2.52. The fraction of sp³-hybridized carbons (Fsp3) is 0.690.